The van der Waals surface area contributed by atoms with Crippen LogP contribution < -0.4 is 31.0 Å². The maximum atomic E-state index is 11.4. The Labute approximate surface area is 285 Å². The monoisotopic (exact) mass is 703 g/mol. The van der Waals surface area contributed by atoms with Gasteiger partial charge in [0.15, 0.2) is 0 Å². The van der Waals surface area contributed by atoms with Crippen LogP contribution in [0.25, 0.3) is 0 Å². The fourth-order valence-electron chi connectivity index (χ4n) is 3.05. The molecule has 0 radical (unpaired) electrons. The van der Waals surface area contributed by atoms with E-state index in [0.29, 0.717) is 46.8 Å². The van der Waals surface area contributed by atoms with Gasteiger partial charge in [-0.1, -0.05) is 25.3 Å². The first-order valence-electron chi connectivity index (χ1n) is 14.0. The van der Waals surface area contributed by atoms with Crippen LogP contribution in [-0.2, 0) is 46.6 Å². The smallest absolute Gasteiger partial charge is 0.333 e. The highest BCUT2D eigenvalue weighted by Gasteiger charge is 2.24. The van der Waals surface area contributed by atoms with E-state index in [-0.39, 0.29) is 37.9 Å². The van der Waals surface area contributed by atoms with Gasteiger partial charge in [0.2, 0.25) is 6.41 Å². The zero-order chi connectivity index (χ0) is 36.5. The van der Waals surface area contributed by atoms with E-state index in [4.69, 9.17) is 51.4 Å². The van der Waals surface area contributed by atoms with Crippen molar-refractivity contribution in [3.63, 3.8) is 0 Å². The van der Waals surface area contributed by atoms with Crippen molar-refractivity contribution in [1.29, 1.82) is 0 Å². The zero-order valence-corrected chi connectivity index (χ0v) is 28.6. The maximum absolute atomic E-state index is 11.4. The summed E-state index contributed by atoms with van der Waals surface area (Å²) in [5.41, 5.74) is 17.4. The predicted octanol–water partition coefficient (Wildman–Crippen LogP) is 4.42. The molecule has 0 fully saturated rings. The highest BCUT2D eigenvalue weighted by atomic mass is 32.5. The molecule has 0 aliphatic carbocycles. The number of phenolic OH excluding ortho intramolecular Hbond substituents is 1. The highest BCUT2D eigenvalue weighted by Crippen LogP contribution is 2.52. The van der Waals surface area contributed by atoms with E-state index >= 15 is 0 Å². The van der Waals surface area contributed by atoms with Crippen molar-refractivity contribution in [3.8, 4) is 23.0 Å². The van der Waals surface area contributed by atoms with Crippen LogP contribution >= 0.6 is 6.49 Å². The van der Waals surface area contributed by atoms with Crippen LogP contribution in [0.3, 0.4) is 0 Å². The summed E-state index contributed by atoms with van der Waals surface area (Å²) in [6, 6.07) is 20.6. The van der Waals surface area contributed by atoms with Crippen LogP contribution in [0.1, 0.15) is 19.4 Å². The Balaban J connectivity index is 0.00000134. The molecule has 0 saturated heterocycles. The van der Waals surface area contributed by atoms with E-state index in [1.807, 2.05) is 18.9 Å². The van der Waals surface area contributed by atoms with E-state index in [9.17, 15) is 14.7 Å². The van der Waals surface area contributed by atoms with Gasteiger partial charge in [0, 0.05) is 23.4 Å². The van der Waals surface area contributed by atoms with Crippen LogP contribution in [-0.4, -0.2) is 56.6 Å². The van der Waals surface area contributed by atoms with E-state index in [1.165, 1.54) is 12.1 Å². The predicted molar refractivity (Wildman–Crippen MR) is 188 cm³/mol. The number of rotatable bonds is 14. The minimum Gasteiger partial charge on any atom is -0.508 e. The van der Waals surface area contributed by atoms with E-state index in [1.54, 1.807) is 62.4 Å². The number of phenols is 1. The molecule has 48 heavy (non-hydrogen) atoms. The molecule has 0 bridgehead atoms. The summed E-state index contributed by atoms with van der Waals surface area (Å²) in [4.78, 5) is 38.5. The second-order valence-electron chi connectivity index (χ2n) is 9.26. The number of carbonyl (C=O) groups is 4. The van der Waals surface area contributed by atoms with Crippen molar-refractivity contribution in [2.75, 3.05) is 32.1 Å². The number of anilines is 1. The summed E-state index contributed by atoms with van der Waals surface area (Å²) < 4.78 is 27.5. The molecule has 15 heteroatoms. The molecule has 1 atom stereocenters. The average Bonchev–Trinajstić information content (AvgIpc) is 3.06. The fourth-order valence-corrected chi connectivity index (χ4v) is 5.72. The Morgan fingerprint density at radius 3 is 1.65 bits per heavy atom. The summed E-state index contributed by atoms with van der Waals surface area (Å²) in [6.07, 6.45) is 0.621. The van der Waals surface area contributed by atoms with Gasteiger partial charge >= 0.3 is 11.9 Å². The molecule has 0 heterocycles. The summed E-state index contributed by atoms with van der Waals surface area (Å²) in [7, 11) is 0. The molecule has 260 valence electrons. The number of aromatic hydroxyl groups is 1. The van der Waals surface area contributed by atoms with Crippen LogP contribution in [0.15, 0.2) is 97.1 Å². The first-order valence-corrected chi connectivity index (χ1v) is 16.8. The number of esters is 2. The van der Waals surface area contributed by atoms with Crippen LogP contribution in [0.2, 0.25) is 0 Å². The minimum absolute atomic E-state index is 0.118. The third kappa shape index (κ3) is 18.7. The topological polar surface area (TPSA) is 213 Å². The number of carbonyl (C=O) groups excluding carboxylic acids is 4. The lowest BCUT2D eigenvalue weighted by Gasteiger charge is -2.24. The van der Waals surface area contributed by atoms with Gasteiger partial charge in [0.25, 0.3) is 6.49 Å². The molecule has 0 aromatic heterocycles. The number of nitrogens with two attached hydrogens (primary N) is 3. The minimum atomic E-state index is -2.87. The molecular weight excluding hydrogens is 661 g/mol. The normalized spacial score (nSPS) is 10.6. The molecule has 0 spiro atoms. The molecule has 3 rings (SSSR count). The quantitative estimate of drug-likeness (QED) is 0.0458. The summed E-state index contributed by atoms with van der Waals surface area (Å²) in [5, 5.41) is 9.55. The van der Waals surface area contributed by atoms with E-state index in [2.05, 4.69) is 23.6 Å². The first-order chi connectivity index (χ1) is 22.8. The van der Waals surface area contributed by atoms with E-state index < -0.39 is 12.5 Å². The Morgan fingerprint density at radius 2 is 1.21 bits per heavy atom. The van der Waals surface area contributed by atoms with Gasteiger partial charge in [-0.3, -0.25) is 4.79 Å². The Kier molecular flexibility index (Phi) is 21.5. The highest BCUT2D eigenvalue weighted by molar-refractivity contribution is 8.09. The van der Waals surface area contributed by atoms with Gasteiger partial charge in [-0.25, -0.2) is 9.59 Å². The number of hydrogen-bond donors (Lipinski definition) is 4. The molecular formula is C33H42N3O10PS. The van der Waals surface area contributed by atoms with Gasteiger partial charge in [-0.05, 0) is 91.9 Å². The molecule has 3 aromatic carbocycles. The SMILES string of the molecule is C=C(C)C(=O)OCCN.C=C(C)C(=O)OCCOc1ccc(OP(=S)(Cc2ccc(N)cc2)Oc2ccc(O)cc2)cc1.C=O.NC=O. The lowest BCUT2D eigenvalue weighted by atomic mass is 10.2. The molecule has 1 amide bonds. The number of amides is 1. The summed E-state index contributed by atoms with van der Waals surface area (Å²) in [6.45, 7) is 10.2. The van der Waals surface area contributed by atoms with Crippen molar-refractivity contribution in [2.24, 2.45) is 11.5 Å². The molecule has 0 saturated carbocycles. The third-order valence-corrected chi connectivity index (χ3v) is 7.70. The van der Waals surface area contributed by atoms with Crippen molar-refractivity contribution >= 4 is 49.1 Å². The maximum Gasteiger partial charge on any atom is 0.333 e. The number of primary amides is 1. The van der Waals surface area contributed by atoms with Crippen molar-refractivity contribution < 1.29 is 47.5 Å². The van der Waals surface area contributed by atoms with Crippen LogP contribution in [0.5, 0.6) is 23.0 Å². The number of nitrogen functional groups attached to an aromatic ring is 1. The number of ether oxygens (including phenoxy) is 3. The standard InChI is InChI=1S/C25H26NO6PS.C6H11NO2.CH3NO.CH2O/c1-18(2)25(28)30-16-15-29-22-11-13-24(14-12-22)32-33(34,17-19-3-5-20(26)6-4-19)31-23-9-7-21(27)8-10-23;1-5(2)6(8)9-4-3-7;2-1-3;1-2/h3-14,27H,1,15-17,26H2,2H3;1,3-4,7H2,2H3;1H,(H2,2,3);1H2. The van der Waals surface area contributed by atoms with Crippen molar-refractivity contribution in [2.45, 2.75) is 20.0 Å². The van der Waals surface area contributed by atoms with Gasteiger partial charge in [-0.15, -0.1) is 0 Å². The molecule has 0 aliphatic heterocycles. The molecule has 7 N–H and O–H groups in total. The van der Waals surface area contributed by atoms with E-state index in [0.717, 1.165) is 5.56 Å². The van der Waals surface area contributed by atoms with Gasteiger partial charge in [0.1, 0.15) is 49.6 Å². The number of hydrogen-bond acceptors (Lipinski definition) is 13. The van der Waals surface area contributed by atoms with Crippen molar-refractivity contribution in [1.82, 2.24) is 0 Å². The molecule has 13 nitrogen and oxygen atoms in total. The second-order valence-corrected chi connectivity index (χ2v) is 12.8. The van der Waals surface area contributed by atoms with Crippen molar-refractivity contribution in [3.05, 3.63) is 103 Å². The number of benzene rings is 3. The largest absolute Gasteiger partial charge is 0.508 e. The Hall–Kier alpha value is -5.17. The molecule has 3 aromatic rings. The lowest BCUT2D eigenvalue weighted by molar-refractivity contribution is -0.140. The Bertz CT molecular complexity index is 1430. The second kappa shape index (κ2) is 24.1. The van der Waals surface area contributed by atoms with Crippen LogP contribution in [0.4, 0.5) is 5.69 Å². The Morgan fingerprint density at radius 1 is 0.792 bits per heavy atom. The fraction of sp³-hybridized carbons (Fsp3) is 0.212. The zero-order valence-electron chi connectivity index (χ0n) is 26.9. The first kappa shape index (κ1) is 42.8. The van der Waals surface area contributed by atoms with Gasteiger partial charge < -0.3 is 50.4 Å². The summed E-state index contributed by atoms with van der Waals surface area (Å²) in [5.74, 6) is 0.919. The van der Waals surface area contributed by atoms with Gasteiger partial charge in [-0.2, -0.15) is 0 Å². The van der Waals surface area contributed by atoms with Gasteiger partial charge in [0.05, 0.1) is 6.16 Å². The summed E-state index contributed by atoms with van der Waals surface area (Å²) >= 11 is 5.86. The van der Waals surface area contributed by atoms with Crippen LogP contribution in [0, 0.1) is 0 Å². The lowest BCUT2D eigenvalue weighted by Crippen LogP contribution is -2.13. The molecule has 1 unspecified atom stereocenters. The third-order valence-electron chi connectivity index (χ3n) is 5.14. The average molecular weight is 704 g/mol. The molecule has 0 aliphatic rings.